The molecule has 0 aliphatic carbocycles. The Hall–Kier alpha value is -1.05. The lowest BCUT2D eigenvalue weighted by atomic mass is 10.1. The van der Waals surface area contributed by atoms with Crippen molar-refractivity contribution in [2.24, 2.45) is 5.92 Å². The molecule has 0 bridgehead atoms. The quantitative estimate of drug-likeness (QED) is 0.826. The molecule has 0 saturated carbocycles. The monoisotopic (exact) mass is 344 g/mol. The number of nitrogens with zero attached hydrogens (tertiary/aromatic N) is 1. The number of amides is 1. The second-order valence-electron chi connectivity index (χ2n) is 5.42. The van der Waals surface area contributed by atoms with Gasteiger partial charge in [-0.15, -0.1) is 11.8 Å². The number of carbonyl (C=O) groups is 1. The number of carbonyl (C=O) groups excluding carboxylic acids is 1. The first kappa shape index (κ1) is 19.0. The molecule has 22 heavy (non-hydrogen) atoms. The van der Waals surface area contributed by atoms with Crippen molar-refractivity contribution >= 4 is 33.4 Å². The molecule has 1 rings (SSSR count). The molecule has 0 fully saturated rings. The van der Waals surface area contributed by atoms with Crippen LogP contribution in [-0.2, 0) is 14.8 Å². The van der Waals surface area contributed by atoms with Crippen LogP contribution in [0.5, 0.6) is 0 Å². The van der Waals surface area contributed by atoms with Crippen molar-refractivity contribution in [1.29, 1.82) is 0 Å². The third-order valence-electron chi connectivity index (χ3n) is 3.11. The van der Waals surface area contributed by atoms with Gasteiger partial charge >= 0.3 is 0 Å². The lowest BCUT2D eigenvalue weighted by Gasteiger charge is -2.19. The van der Waals surface area contributed by atoms with Crippen molar-refractivity contribution in [3.63, 3.8) is 0 Å². The van der Waals surface area contributed by atoms with Gasteiger partial charge < -0.3 is 5.32 Å². The van der Waals surface area contributed by atoms with Crippen LogP contribution in [0.25, 0.3) is 0 Å². The molecule has 0 heterocycles. The smallest absolute Gasteiger partial charge is 0.242 e. The van der Waals surface area contributed by atoms with Crippen molar-refractivity contribution in [2.45, 2.75) is 30.9 Å². The lowest BCUT2D eigenvalue weighted by molar-refractivity contribution is -0.116. The summed E-state index contributed by atoms with van der Waals surface area (Å²) in [7, 11) is -0.471. The van der Waals surface area contributed by atoms with Gasteiger partial charge in [0.05, 0.1) is 10.1 Å². The Morgan fingerprint density at radius 2 is 1.77 bits per heavy atom. The fourth-order valence-electron chi connectivity index (χ4n) is 1.88. The highest BCUT2D eigenvalue weighted by molar-refractivity contribution is 8.00. The number of rotatable bonds is 7. The Balaban J connectivity index is 2.86. The van der Waals surface area contributed by atoms with Crippen molar-refractivity contribution in [2.75, 3.05) is 25.2 Å². The Bertz CT molecular complexity index is 596. The minimum atomic E-state index is -3.44. The van der Waals surface area contributed by atoms with Crippen molar-refractivity contribution < 1.29 is 13.2 Å². The Morgan fingerprint density at radius 3 is 2.18 bits per heavy atom. The van der Waals surface area contributed by atoms with Gasteiger partial charge in [0.2, 0.25) is 15.9 Å². The maximum atomic E-state index is 12.3. The number of hydrogen-bond donors (Lipinski definition) is 1. The van der Waals surface area contributed by atoms with E-state index in [0.29, 0.717) is 5.69 Å². The normalized spacial score (nSPS) is 13.4. The van der Waals surface area contributed by atoms with E-state index in [0.717, 1.165) is 10.1 Å². The molecule has 7 heteroatoms. The zero-order chi connectivity index (χ0) is 16.9. The Kier molecular flexibility index (Phi) is 6.90. The van der Waals surface area contributed by atoms with Crippen molar-refractivity contribution in [3.8, 4) is 0 Å². The topological polar surface area (TPSA) is 66.5 Å². The van der Waals surface area contributed by atoms with Crippen LogP contribution < -0.4 is 5.32 Å². The van der Waals surface area contributed by atoms with Crippen LogP contribution in [0.4, 0.5) is 5.69 Å². The van der Waals surface area contributed by atoms with Crippen molar-refractivity contribution in [1.82, 2.24) is 4.31 Å². The highest BCUT2D eigenvalue weighted by Gasteiger charge is 2.22. The van der Waals surface area contributed by atoms with Gasteiger partial charge in [0, 0.05) is 19.8 Å². The number of sulfonamides is 1. The molecule has 0 saturated heterocycles. The third kappa shape index (κ3) is 4.72. The third-order valence-corrected chi connectivity index (χ3v) is 6.39. The predicted molar refractivity (Wildman–Crippen MR) is 92.7 cm³/mol. The predicted octanol–water partition coefficient (Wildman–Crippen LogP) is 2.65. The van der Waals surface area contributed by atoms with Gasteiger partial charge in [-0.05, 0) is 35.9 Å². The summed E-state index contributed by atoms with van der Waals surface area (Å²) in [6, 6.07) is 6.23. The second kappa shape index (κ2) is 7.99. The molecule has 0 radical (unpaired) electrons. The molecule has 1 N–H and O–H groups in total. The average molecular weight is 345 g/mol. The number of anilines is 1. The van der Waals surface area contributed by atoms with E-state index in [-0.39, 0.29) is 22.0 Å². The summed E-state index contributed by atoms with van der Waals surface area (Å²) >= 11 is 1.61. The molecule has 0 aromatic heterocycles. The van der Waals surface area contributed by atoms with E-state index in [1.54, 1.807) is 23.9 Å². The first-order valence-electron chi connectivity index (χ1n) is 7.15. The summed E-state index contributed by atoms with van der Waals surface area (Å²) in [6.45, 7) is 6.05. The summed E-state index contributed by atoms with van der Waals surface area (Å²) in [5.74, 6) is 1.06. The molecule has 1 atom stereocenters. The zero-order valence-electron chi connectivity index (χ0n) is 13.7. The molecule has 0 unspecified atom stereocenters. The van der Waals surface area contributed by atoms with E-state index >= 15 is 0 Å². The van der Waals surface area contributed by atoms with Gasteiger partial charge in [0.25, 0.3) is 0 Å². The van der Waals surface area contributed by atoms with Crippen LogP contribution in [0.2, 0.25) is 0 Å². The lowest BCUT2D eigenvalue weighted by Crippen LogP contribution is -2.29. The maximum absolute atomic E-state index is 12.3. The number of thioether (sulfide) groups is 1. The fourth-order valence-corrected chi connectivity index (χ4v) is 3.74. The first-order chi connectivity index (χ1) is 10.2. The molecule has 0 spiro atoms. The van der Waals surface area contributed by atoms with Crippen LogP contribution >= 0.6 is 11.8 Å². The van der Waals surface area contributed by atoms with Gasteiger partial charge in [-0.1, -0.05) is 20.8 Å². The van der Waals surface area contributed by atoms with Crippen LogP contribution in [-0.4, -0.2) is 43.7 Å². The number of benzene rings is 1. The summed E-state index contributed by atoms with van der Waals surface area (Å²) in [6.07, 6.45) is 0. The van der Waals surface area contributed by atoms with E-state index in [2.05, 4.69) is 5.32 Å². The fraction of sp³-hybridized carbons (Fsp3) is 0.533. The molecule has 1 aromatic rings. The molecular weight excluding hydrogens is 320 g/mol. The van der Waals surface area contributed by atoms with Gasteiger partial charge in [-0.2, -0.15) is 0 Å². The maximum Gasteiger partial charge on any atom is 0.242 e. The summed E-state index contributed by atoms with van der Waals surface area (Å²) in [5, 5.41) is 2.73. The molecule has 124 valence electrons. The summed E-state index contributed by atoms with van der Waals surface area (Å²) < 4.78 is 25.1. The molecule has 0 aliphatic rings. The molecule has 1 amide bonds. The van der Waals surface area contributed by atoms with E-state index in [1.165, 1.54) is 26.2 Å². The summed E-state index contributed by atoms with van der Waals surface area (Å²) in [4.78, 5) is 12.5. The molecule has 0 aliphatic heterocycles. The zero-order valence-corrected chi connectivity index (χ0v) is 15.3. The summed E-state index contributed by atoms with van der Waals surface area (Å²) in [5.41, 5.74) is 0.602. The van der Waals surface area contributed by atoms with Gasteiger partial charge in [0.15, 0.2) is 0 Å². The largest absolute Gasteiger partial charge is 0.325 e. The SMILES string of the molecule is CCS[C@@H](C(=O)Nc1ccc(S(=O)(=O)N(C)C)cc1)C(C)C. The van der Waals surface area contributed by atoms with Gasteiger partial charge in [-0.25, -0.2) is 12.7 Å². The Labute approximate surface area is 137 Å². The molecular formula is C15H24N2O3S2. The van der Waals surface area contributed by atoms with E-state index in [4.69, 9.17) is 0 Å². The van der Waals surface area contributed by atoms with E-state index < -0.39 is 10.0 Å². The minimum absolute atomic E-state index is 0.0509. The van der Waals surface area contributed by atoms with Crippen LogP contribution in [0.15, 0.2) is 29.2 Å². The van der Waals surface area contributed by atoms with Gasteiger partial charge in [0.1, 0.15) is 0 Å². The Morgan fingerprint density at radius 1 is 1.23 bits per heavy atom. The molecule has 5 nitrogen and oxygen atoms in total. The highest BCUT2D eigenvalue weighted by Crippen LogP contribution is 2.22. The standard InChI is InChI=1S/C15H24N2O3S2/c1-6-21-14(11(2)3)15(18)16-12-7-9-13(10-8-12)22(19,20)17(4)5/h7-11,14H,6H2,1-5H3,(H,16,18)/t14-/m1/s1. The second-order valence-corrected chi connectivity index (χ2v) is 8.99. The van der Waals surface area contributed by atoms with Crippen LogP contribution in [0.3, 0.4) is 0 Å². The van der Waals surface area contributed by atoms with Crippen LogP contribution in [0.1, 0.15) is 20.8 Å². The van der Waals surface area contributed by atoms with Crippen LogP contribution in [0, 0.1) is 5.92 Å². The highest BCUT2D eigenvalue weighted by atomic mass is 32.2. The molecule has 1 aromatic carbocycles. The van der Waals surface area contributed by atoms with E-state index in [1.807, 2.05) is 20.8 Å². The number of nitrogens with one attached hydrogen (secondary N) is 1. The average Bonchev–Trinajstić information content (AvgIpc) is 2.44. The first-order valence-corrected chi connectivity index (χ1v) is 9.64. The van der Waals surface area contributed by atoms with Crippen molar-refractivity contribution in [3.05, 3.63) is 24.3 Å². The minimum Gasteiger partial charge on any atom is -0.325 e. The number of hydrogen-bond acceptors (Lipinski definition) is 4. The van der Waals surface area contributed by atoms with Gasteiger partial charge in [-0.3, -0.25) is 4.79 Å². The van der Waals surface area contributed by atoms with E-state index in [9.17, 15) is 13.2 Å².